The van der Waals surface area contributed by atoms with E-state index in [0.717, 1.165) is 103 Å². The molecule has 3 unspecified atom stereocenters. The molecule has 0 rings (SSSR count). The predicted octanol–water partition coefficient (Wildman–Crippen LogP) is 14.6. The van der Waals surface area contributed by atoms with E-state index in [2.05, 4.69) is 86.8 Å². The minimum atomic E-state index is -0.803. The highest BCUT2D eigenvalue weighted by Crippen LogP contribution is 2.17. The van der Waals surface area contributed by atoms with Gasteiger partial charge >= 0.3 is 5.97 Å². The van der Waals surface area contributed by atoms with Crippen molar-refractivity contribution in [2.75, 3.05) is 6.61 Å². The van der Waals surface area contributed by atoms with Crippen molar-refractivity contribution in [3.63, 3.8) is 0 Å². The molecule has 0 aromatic rings. The molecule has 0 aromatic heterocycles. The van der Waals surface area contributed by atoms with Crippen molar-refractivity contribution in [1.82, 2.24) is 5.32 Å². The largest absolute Gasteiger partial charge is 0.462 e. The molecular weight excluding hydrogens is 731 g/mol. The molecule has 3 N–H and O–H groups in total. The number of amides is 1. The third-order valence-corrected chi connectivity index (χ3v) is 10.8. The Morgan fingerprint density at radius 1 is 0.525 bits per heavy atom. The van der Waals surface area contributed by atoms with Gasteiger partial charge in [0.25, 0.3) is 0 Å². The van der Waals surface area contributed by atoms with E-state index >= 15 is 0 Å². The Kier molecular flexibility index (Phi) is 44.2. The summed E-state index contributed by atoms with van der Waals surface area (Å²) in [6, 6.07) is -0.719. The van der Waals surface area contributed by atoms with Crippen LogP contribution >= 0.6 is 0 Å². The summed E-state index contributed by atoms with van der Waals surface area (Å²) in [4.78, 5) is 26.0. The SMILES string of the molecule is CC/C=C/C=C/C=C\CCCCCC(CC(=O)NC(CO)C(O)CCCCCCCCCCCCCCCCC)OC(=O)CCCCCC/C=C/C/C=C/C/C=C/CC. The number of carbonyl (C=O) groups is 2. The van der Waals surface area contributed by atoms with Gasteiger partial charge in [0.15, 0.2) is 0 Å². The molecule has 0 aromatic carbocycles. The van der Waals surface area contributed by atoms with Gasteiger partial charge in [-0.05, 0) is 77.0 Å². The van der Waals surface area contributed by atoms with Crippen LogP contribution in [0, 0.1) is 0 Å². The zero-order valence-electron chi connectivity index (χ0n) is 38.6. The standard InChI is InChI=1S/C53H93NO5/c1-4-7-10-13-16-19-22-24-26-27-30-33-36-39-42-45-51(56)50(48-55)54-52(57)47-49(44-41-38-35-32-29-21-18-15-12-9-6-3)59-53(58)46-43-40-37-34-31-28-25-23-20-17-14-11-8-5-2/h8-9,11-12,15,17-18,20-21,25,28-29,49-51,55-56H,4-7,10,13-14,16,19,22-24,26-27,30-48H2,1-3H3,(H,54,57)/b11-8+,12-9+,18-15+,20-17+,28-25+,29-21-. The fourth-order valence-corrected chi connectivity index (χ4v) is 7.15. The average Bonchev–Trinajstić information content (AvgIpc) is 3.23. The third kappa shape index (κ3) is 41.8. The molecule has 0 heterocycles. The third-order valence-electron chi connectivity index (χ3n) is 10.8. The summed E-state index contributed by atoms with van der Waals surface area (Å²) in [5, 5.41) is 23.7. The van der Waals surface area contributed by atoms with Gasteiger partial charge in [-0.3, -0.25) is 9.59 Å². The van der Waals surface area contributed by atoms with Gasteiger partial charge in [0.05, 0.1) is 25.2 Å². The lowest BCUT2D eigenvalue weighted by molar-refractivity contribution is -0.151. The molecule has 6 heteroatoms. The van der Waals surface area contributed by atoms with Gasteiger partial charge in [0.1, 0.15) is 6.10 Å². The number of aliphatic hydroxyl groups is 2. The van der Waals surface area contributed by atoms with Gasteiger partial charge in [0, 0.05) is 6.42 Å². The second-order valence-electron chi connectivity index (χ2n) is 16.5. The molecule has 0 aliphatic carbocycles. The number of aliphatic hydroxyl groups excluding tert-OH is 2. The Balaban J connectivity index is 4.59. The first-order valence-electron chi connectivity index (χ1n) is 24.7. The zero-order valence-corrected chi connectivity index (χ0v) is 38.6. The summed E-state index contributed by atoms with van der Waals surface area (Å²) >= 11 is 0. The van der Waals surface area contributed by atoms with Crippen LogP contribution in [0.1, 0.15) is 226 Å². The molecule has 59 heavy (non-hydrogen) atoms. The van der Waals surface area contributed by atoms with E-state index in [4.69, 9.17) is 4.74 Å². The Hall–Kier alpha value is -2.70. The highest BCUT2D eigenvalue weighted by Gasteiger charge is 2.24. The first kappa shape index (κ1) is 56.3. The quantitative estimate of drug-likeness (QED) is 0.0246. The maximum atomic E-state index is 13.2. The fourth-order valence-electron chi connectivity index (χ4n) is 7.15. The lowest BCUT2D eigenvalue weighted by Crippen LogP contribution is -2.46. The van der Waals surface area contributed by atoms with Crippen LogP contribution in [0.4, 0.5) is 0 Å². The lowest BCUT2D eigenvalue weighted by atomic mass is 10.0. The summed E-state index contributed by atoms with van der Waals surface area (Å²) < 4.78 is 5.89. The summed E-state index contributed by atoms with van der Waals surface area (Å²) in [5.74, 6) is -0.539. The number of ether oxygens (including phenoxy) is 1. The van der Waals surface area contributed by atoms with E-state index in [0.29, 0.717) is 19.3 Å². The molecule has 6 nitrogen and oxygen atoms in total. The Labute approximate surface area is 364 Å². The maximum absolute atomic E-state index is 13.2. The van der Waals surface area contributed by atoms with Crippen LogP contribution in [0.15, 0.2) is 72.9 Å². The van der Waals surface area contributed by atoms with Gasteiger partial charge in [0.2, 0.25) is 5.91 Å². The summed E-state index contributed by atoms with van der Waals surface area (Å²) in [7, 11) is 0. The van der Waals surface area contributed by atoms with Gasteiger partial charge in [-0.2, -0.15) is 0 Å². The minimum Gasteiger partial charge on any atom is -0.462 e. The fraction of sp³-hybridized carbons (Fsp3) is 0.736. The molecular formula is C53H93NO5. The van der Waals surface area contributed by atoms with E-state index in [1.165, 1.54) is 77.0 Å². The Bertz CT molecular complexity index is 1110. The second-order valence-corrected chi connectivity index (χ2v) is 16.5. The van der Waals surface area contributed by atoms with Gasteiger partial charge in [-0.15, -0.1) is 0 Å². The highest BCUT2D eigenvalue weighted by molar-refractivity contribution is 5.77. The van der Waals surface area contributed by atoms with E-state index in [-0.39, 0.29) is 24.9 Å². The predicted molar refractivity (Wildman–Crippen MR) is 255 cm³/mol. The van der Waals surface area contributed by atoms with Gasteiger partial charge in [-0.1, -0.05) is 209 Å². The average molecular weight is 824 g/mol. The molecule has 340 valence electrons. The minimum absolute atomic E-state index is 0.0425. The zero-order chi connectivity index (χ0) is 43.1. The van der Waals surface area contributed by atoms with E-state index in [1.807, 2.05) is 12.2 Å². The van der Waals surface area contributed by atoms with Crippen molar-refractivity contribution < 1.29 is 24.5 Å². The first-order chi connectivity index (χ1) is 29.0. The monoisotopic (exact) mass is 824 g/mol. The van der Waals surface area contributed by atoms with Crippen molar-refractivity contribution in [2.45, 2.75) is 244 Å². The number of carbonyl (C=O) groups excluding carboxylic acids is 2. The molecule has 0 spiro atoms. The molecule has 0 bridgehead atoms. The van der Waals surface area contributed by atoms with Crippen LogP contribution in [0.3, 0.4) is 0 Å². The number of hydrogen-bond acceptors (Lipinski definition) is 5. The van der Waals surface area contributed by atoms with Crippen molar-refractivity contribution >= 4 is 11.9 Å². The Morgan fingerprint density at radius 3 is 1.59 bits per heavy atom. The molecule has 0 aliphatic rings. The van der Waals surface area contributed by atoms with Crippen molar-refractivity contribution in [1.29, 1.82) is 0 Å². The molecule has 0 aliphatic heterocycles. The normalized spacial score (nSPS) is 13.9. The summed E-state index contributed by atoms with van der Waals surface area (Å²) in [6.45, 7) is 6.21. The van der Waals surface area contributed by atoms with Crippen LogP contribution in [0.5, 0.6) is 0 Å². The van der Waals surface area contributed by atoms with Gasteiger partial charge < -0.3 is 20.3 Å². The van der Waals surface area contributed by atoms with Gasteiger partial charge in [-0.25, -0.2) is 0 Å². The van der Waals surface area contributed by atoms with Crippen molar-refractivity contribution in [3.05, 3.63) is 72.9 Å². The molecule has 0 saturated heterocycles. The van der Waals surface area contributed by atoms with E-state index in [9.17, 15) is 19.8 Å². The van der Waals surface area contributed by atoms with E-state index in [1.54, 1.807) is 0 Å². The van der Waals surface area contributed by atoms with Crippen LogP contribution < -0.4 is 5.32 Å². The van der Waals surface area contributed by atoms with Crippen LogP contribution in [-0.2, 0) is 14.3 Å². The first-order valence-corrected chi connectivity index (χ1v) is 24.7. The lowest BCUT2D eigenvalue weighted by Gasteiger charge is -2.24. The van der Waals surface area contributed by atoms with Crippen LogP contribution in [0.25, 0.3) is 0 Å². The highest BCUT2D eigenvalue weighted by atomic mass is 16.5. The number of nitrogens with one attached hydrogen (secondary N) is 1. The van der Waals surface area contributed by atoms with Crippen molar-refractivity contribution in [3.8, 4) is 0 Å². The smallest absolute Gasteiger partial charge is 0.306 e. The molecule has 0 fully saturated rings. The number of rotatable bonds is 43. The number of unbranched alkanes of at least 4 members (excludes halogenated alkanes) is 21. The van der Waals surface area contributed by atoms with E-state index < -0.39 is 18.2 Å². The molecule has 0 radical (unpaired) electrons. The van der Waals surface area contributed by atoms with Crippen LogP contribution in [0.2, 0.25) is 0 Å². The summed E-state index contributed by atoms with van der Waals surface area (Å²) in [5.41, 5.74) is 0. The molecule has 3 atom stereocenters. The van der Waals surface area contributed by atoms with Crippen LogP contribution in [-0.4, -0.2) is 46.9 Å². The molecule has 0 saturated carbocycles. The number of hydrogen-bond donors (Lipinski definition) is 3. The maximum Gasteiger partial charge on any atom is 0.306 e. The second kappa shape index (κ2) is 46.4. The van der Waals surface area contributed by atoms with Crippen molar-refractivity contribution in [2.24, 2.45) is 0 Å². The summed E-state index contributed by atoms with van der Waals surface area (Å²) in [6.07, 6.45) is 58.2. The Morgan fingerprint density at radius 2 is 1.00 bits per heavy atom. The molecule has 1 amide bonds. The topological polar surface area (TPSA) is 95.9 Å². The number of allylic oxidation sites excluding steroid dienone is 12. The number of esters is 1.